The maximum Gasteiger partial charge on any atom is 0.417 e. The molecular formula is C19H33F2NO4Si. The molecule has 1 aliphatic heterocycles. The van der Waals surface area contributed by atoms with E-state index in [4.69, 9.17) is 9.16 Å². The molecule has 0 aromatic carbocycles. The lowest BCUT2D eigenvalue weighted by atomic mass is 9.99. The highest BCUT2D eigenvalue weighted by Gasteiger charge is 2.57. The van der Waals surface area contributed by atoms with Crippen LogP contribution in [0.5, 0.6) is 0 Å². The highest BCUT2D eigenvalue weighted by Crippen LogP contribution is 2.45. The van der Waals surface area contributed by atoms with E-state index in [1.54, 1.807) is 20.8 Å². The summed E-state index contributed by atoms with van der Waals surface area (Å²) in [6.45, 7) is 17.2. The second-order valence-electron chi connectivity index (χ2n) is 8.99. The van der Waals surface area contributed by atoms with Gasteiger partial charge in [0.2, 0.25) is 8.32 Å². The van der Waals surface area contributed by atoms with Crippen molar-refractivity contribution in [2.45, 2.75) is 96.7 Å². The van der Waals surface area contributed by atoms with Gasteiger partial charge in [-0.05, 0) is 37.4 Å². The first-order chi connectivity index (χ1) is 12.1. The second-order valence-corrected chi connectivity index (χ2v) is 14.4. The molecule has 2 atom stereocenters. The Kier molecular flexibility index (Phi) is 7.38. The van der Waals surface area contributed by atoms with Crippen molar-refractivity contribution in [3.05, 3.63) is 12.2 Å². The number of hydrogen-bond donors (Lipinski definition) is 0. The molecule has 0 N–H and O–H groups in total. The number of amides is 2. The molecule has 1 rings (SSSR count). The van der Waals surface area contributed by atoms with Gasteiger partial charge < -0.3 is 9.16 Å². The molecule has 0 saturated carbocycles. The van der Waals surface area contributed by atoms with Gasteiger partial charge >= 0.3 is 6.09 Å². The number of hydrogen-bond acceptors (Lipinski definition) is 4. The molecule has 2 unspecified atom stereocenters. The average Bonchev–Trinajstić information content (AvgIpc) is 2.43. The van der Waals surface area contributed by atoms with Crippen LogP contribution < -0.4 is 0 Å². The van der Waals surface area contributed by atoms with Gasteiger partial charge in [0, 0.05) is 6.08 Å². The summed E-state index contributed by atoms with van der Waals surface area (Å²) in [6, 6.07) is -1.15. The molecule has 0 aromatic heterocycles. The van der Waals surface area contributed by atoms with Crippen LogP contribution in [0.2, 0.25) is 16.6 Å². The number of halogens is 2. The van der Waals surface area contributed by atoms with Crippen molar-refractivity contribution < 1.29 is 27.5 Å². The number of carbonyl (C=O) groups is 2. The Balaban J connectivity index is 3.22. The molecule has 27 heavy (non-hydrogen) atoms. The van der Waals surface area contributed by atoms with Gasteiger partial charge in [-0.15, -0.1) is 0 Å². The van der Waals surface area contributed by atoms with E-state index in [-0.39, 0.29) is 16.6 Å². The predicted molar refractivity (Wildman–Crippen MR) is 103 cm³/mol. The maximum absolute atomic E-state index is 13.0. The Morgan fingerprint density at radius 3 is 1.85 bits per heavy atom. The van der Waals surface area contributed by atoms with Crippen molar-refractivity contribution in [2.75, 3.05) is 0 Å². The van der Waals surface area contributed by atoms with E-state index in [1.165, 1.54) is 0 Å². The number of carbonyl (C=O) groups excluding carboxylic acids is 2. The number of imide groups is 1. The van der Waals surface area contributed by atoms with Crippen LogP contribution in [0.15, 0.2) is 12.2 Å². The average molecular weight is 406 g/mol. The van der Waals surface area contributed by atoms with E-state index in [1.807, 2.05) is 41.5 Å². The van der Waals surface area contributed by atoms with Gasteiger partial charge in [-0.1, -0.05) is 41.5 Å². The lowest BCUT2D eigenvalue weighted by molar-refractivity contribution is -0.158. The van der Waals surface area contributed by atoms with Gasteiger partial charge in [-0.25, -0.2) is 9.69 Å². The number of nitrogens with zero attached hydrogens (tertiary/aromatic N) is 1. The molecule has 8 heteroatoms. The van der Waals surface area contributed by atoms with Gasteiger partial charge in [0.05, 0.1) is 0 Å². The lowest BCUT2D eigenvalue weighted by Gasteiger charge is -2.51. The molecule has 0 aliphatic carbocycles. The first-order valence-electron chi connectivity index (χ1n) is 9.41. The van der Waals surface area contributed by atoms with Crippen molar-refractivity contribution >= 4 is 20.3 Å². The predicted octanol–water partition coefficient (Wildman–Crippen LogP) is 5.47. The summed E-state index contributed by atoms with van der Waals surface area (Å²) in [5.74, 6) is -0.620. The largest absolute Gasteiger partial charge is 0.443 e. The van der Waals surface area contributed by atoms with E-state index in [9.17, 15) is 18.4 Å². The quantitative estimate of drug-likeness (QED) is 0.434. The van der Waals surface area contributed by atoms with Crippen molar-refractivity contribution in [2.24, 2.45) is 0 Å². The van der Waals surface area contributed by atoms with Gasteiger partial charge in [0.1, 0.15) is 11.6 Å². The Morgan fingerprint density at radius 1 is 1.07 bits per heavy atom. The normalized spacial score (nSPS) is 21.0. The molecule has 0 radical (unpaired) electrons. The van der Waals surface area contributed by atoms with E-state index in [0.717, 1.165) is 4.90 Å². The fourth-order valence-corrected chi connectivity index (χ4v) is 9.54. The van der Waals surface area contributed by atoms with Gasteiger partial charge in [0.25, 0.3) is 12.0 Å². The maximum atomic E-state index is 13.0. The molecule has 1 heterocycles. The van der Waals surface area contributed by atoms with Crippen molar-refractivity contribution in [1.82, 2.24) is 4.90 Å². The van der Waals surface area contributed by atoms with Gasteiger partial charge in [-0.3, -0.25) is 4.79 Å². The van der Waals surface area contributed by atoms with Crippen LogP contribution in [0.3, 0.4) is 0 Å². The van der Waals surface area contributed by atoms with Crippen molar-refractivity contribution in [3.63, 3.8) is 0 Å². The first kappa shape index (κ1) is 23.8. The third kappa shape index (κ3) is 4.96. The third-order valence-electron chi connectivity index (χ3n) is 5.01. The summed E-state index contributed by atoms with van der Waals surface area (Å²) in [5.41, 5.74) is -0.291. The van der Waals surface area contributed by atoms with Crippen LogP contribution in [-0.4, -0.2) is 43.0 Å². The van der Waals surface area contributed by atoms with Crippen LogP contribution in [0.4, 0.5) is 13.6 Å². The molecule has 5 nitrogen and oxygen atoms in total. The van der Waals surface area contributed by atoms with Crippen LogP contribution in [0.25, 0.3) is 0 Å². The monoisotopic (exact) mass is 405 g/mol. The number of β-lactam (4-membered cyclic amide) rings is 1. The first-order valence-corrected chi connectivity index (χ1v) is 11.6. The topological polar surface area (TPSA) is 55.8 Å². The third-order valence-corrected chi connectivity index (χ3v) is 11.1. The molecule has 0 bridgehead atoms. The summed E-state index contributed by atoms with van der Waals surface area (Å²) in [5, 5.41) is 0. The Morgan fingerprint density at radius 2 is 1.52 bits per heavy atom. The smallest absolute Gasteiger partial charge is 0.417 e. The molecule has 0 aromatic rings. The highest BCUT2D eigenvalue weighted by atomic mass is 28.4. The summed E-state index contributed by atoms with van der Waals surface area (Å²) >= 11 is 0. The van der Waals surface area contributed by atoms with Crippen molar-refractivity contribution in [3.8, 4) is 0 Å². The second kappa shape index (κ2) is 8.39. The highest BCUT2D eigenvalue weighted by molar-refractivity contribution is 6.77. The van der Waals surface area contributed by atoms with E-state index in [2.05, 4.69) is 0 Å². The Labute approximate surface area is 162 Å². The summed E-state index contributed by atoms with van der Waals surface area (Å²) in [7, 11) is -2.48. The lowest BCUT2D eigenvalue weighted by Crippen LogP contribution is -2.70. The molecule has 1 fully saturated rings. The fraction of sp³-hybridized carbons (Fsp3) is 0.789. The standard InChI is InChI=1S/C19H33F2NO4Si/c1-11(2)27(12(3)4,13(5)6)26-16-14(10-15(20)21)22(17(16)23)18(24)25-19(7,8)9/h10-14,16H,1-9H3. The molecule has 156 valence electrons. The van der Waals surface area contributed by atoms with Crippen molar-refractivity contribution in [1.29, 1.82) is 0 Å². The van der Waals surface area contributed by atoms with Crippen LogP contribution in [0, 0.1) is 0 Å². The van der Waals surface area contributed by atoms with Crippen LogP contribution in [-0.2, 0) is 14.0 Å². The minimum atomic E-state index is -2.48. The number of ether oxygens (including phenoxy) is 1. The Bertz CT molecular complexity index is 573. The molecular weight excluding hydrogens is 372 g/mol. The van der Waals surface area contributed by atoms with Crippen LogP contribution >= 0.6 is 0 Å². The van der Waals surface area contributed by atoms with E-state index < -0.39 is 44.1 Å². The van der Waals surface area contributed by atoms with Gasteiger partial charge in [0.15, 0.2) is 6.10 Å². The fourth-order valence-electron chi connectivity index (χ4n) is 4.05. The number of likely N-dealkylation sites (tertiary alicyclic amines) is 1. The van der Waals surface area contributed by atoms with Crippen LogP contribution in [0.1, 0.15) is 62.3 Å². The zero-order valence-corrected chi connectivity index (χ0v) is 18.8. The minimum Gasteiger partial charge on any atom is -0.443 e. The zero-order chi connectivity index (χ0) is 21.3. The summed E-state index contributed by atoms with van der Waals surface area (Å²) < 4.78 is 37.6. The number of rotatable bonds is 6. The summed E-state index contributed by atoms with van der Waals surface area (Å²) in [4.78, 5) is 25.7. The molecule has 2 amide bonds. The molecule has 1 saturated heterocycles. The minimum absolute atomic E-state index is 0.181. The molecule has 1 aliphatic rings. The van der Waals surface area contributed by atoms with Gasteiger partial charge in [-0.2, -0.15) is 8.78 Å². The van der Waals surface area contributed by atoms with E-state index in [0.29, 0.717) is 6.08 Å². The molecule has 0 spiro atoms. The SMILES string of the molecule is CC(C)[Si](OC1C(=O)N(C(=O)OC(C)(C)C)C1C=C(F)F)(C(C)C)C(C)C. The summed E-state index contributed by atoms with van der Waals surface area (Å²) in [6.07, 6.45) is -3.37. The zero-order valence-electron chi connectivity index (χ0n) is 17.8. The van der Waals surface area contributed by atoms with E-state index >= 15 is 0 Å². The Hall–Kier alpha value is -1.28.